The van der Waals surface area contributed by atoms with E-state index in [1.807, 2.05) is 0 Å². The summed E-state index contributed by atoms with van der Waals surface area (Å²) in [6.45, 7) is 13.3. The van der Waals surface area contributed by atoms with Crippen LogP contribution < -0.4 is 0 Å². The van der Waals surface area contributed by atoms with E-state index < -0.39 is 0 Å². The maximum Gasteiger partial charge on any atom is 0.0785 e. The first-order valence-corrected chi connectivity index (χ1v) is 8.04. The van der Waals surface area contributed by atoms with Gasteiger partial charge in [-0.25, -0.2) is 0 Å². The Kier molecular flexibility index (Phi) is 11.7. The Hall–Kier alpha value is 0.137. The minimum Gasteiger partial charge on any atom is -0.331 e. The van der Waals surface area contributed by atoms with Crippen molar-refractivity contribution in [2.45, 2.75) is 52.9 Å². The first-order chi connectivity index (χ1) is 7.74. The second-order valence-corrected chi connectivity index (χ2v) is 6.12. The average Bonchev–Trinajstić information content (AvgIpc) is 2.30. The first kappa shape index (κ1) is 16.1. The van der Waals surface area contributed by atoms with Crippen LogP contribution in [-0.2, 0) is 0 Å². The summed E-state index contributed by atoms with van der Waals surface area (Å²) in [5.74, 6) is 0. The molecule has 0 aliphatic carbocycles. The van der Waals surface area contributed by atoms with Gasteiger partial charge in [-0.3, -0.25) is 0 Å². The predicted molar refractivity (Wildman–Crippen MR) is 78.1 cm³/mol. The van der Waals surface area contributed by atoms with Gasteiger partial charge in [-0.1, -0.05) is 33.6 Å². The molecule has 3 heteroatoms. The molecule has 0 bridgehead atoms. The van der Waals surface area contributed by atoms with Gasteiger partial charge in [0.2, 0.25) is 0 Å². The van der Waals surface area contributed by atoms with Gasteiger partial charge >= 0.3 is 0 Å². The van der Waals surface area contributed by atoms with Crippen LogP contribution in [0.5, 0.6) is 0 Å². The number of nitrogens with zero attached hydrogens (tertiary/aromatic N) is 2. The smallest absolute Gasteiger partial charge is 0.0785 e. The van der Waals surface area contributed by atoms with E-state index in [-0.39, 0.29) is 0 Å². The number of hydrogen-bond acceptors (Lipinski definition) is 2. The third-order valence-corrected chi connectivity index (χ3v) is 3.95. The molecule has 0 heterocycles. The molecule has 0 aromatic carbocycles. The molecule has 0 saturated heterocycles. The van der Waals surface area contributed by atoms with E-state index >= 15 is 0 Å². The number of rotatable bonds is 11. The van der Waals surface area contributed by atoms with E-state index in [4.69, 9.17) is 0 Å². The van der Waals surface area contributed by atoms with Gasteiger partial charge in [0.1, 0.15) is 0 Å². The van der Waals surface area contributed by atoms with Crippen molar-refractivity contribution >= 4 is 10.4 Å². The predicted octanol–water partition coefficient (Wildman–Crippen LogP) is 1.88. The molecule has 0 unspecified atom stereocenters. The SMILES string of the molecule is CCCCN([SiH3])CCN(CCC)CCCC. The molecule has 0 amide bonds. The van der Waals surface area contributed by atoms with Gasteiger partial charge in [0, 0.05) is 13.1 Å². The van der Waals surface area contributed by atoms with Gasteiger partial charge in [-0.05, 0) is 38.9 Å². The molecule has 0 radical (unpaired) electrons. The largest absolute Gasteiger partial charge is 0.331 e. The van der Waals surface area contributed by atoms with Crippen LogP contribution in [0, 0.1) is 0 Å². The van der Waals surface area contributed by atoms with Crippen LogP contribution in [0.2, 0.25) is 0 Å². The molecule has 16 heavy (non-hydrogen) atoms. The Balaban J connectivity index is 3.63. The van der Waals surface area contributed by atoms with Crippen molar-refractivity contribution in [3.05, 3.63) is 0 Å². The molecule has 0 aliphatic rings. The second kappa shape index (κ2) is 11.6. The van der Waals surface area contributed by atoms with Crippen molar-refractivity contribution in [1.82, 2.24) is 9.47 Å². The standard InChI is InChI=1S/C13H32N2Si/c1-4-7-10-14(9-6-3)12-13-15(16)11-8-5-2/h4-13H2,1-3,16H3. The third-order valence-electron chi connectivity index (χ3n) is 3.06. The Labute approximate surface area is 106 Å². The maximum atomic E-state index is 2.64. The topological polar surface area (TPSA) is 6.48 Å². The molecule has 0 saturated carbocycles. The van der Waals surface area contributed by atoms with Gasteiger partial charge in [0.25, 0.3) is 0 Å². The molecule has 2 nitrogen and oxygen atoms in total. The summed E-state index contributed by atoms with van der Waals surface area (Å²) in [5, 5.41) is 0. The zero-order chi connectivity index (χ0) is 12.2. The highest BCUT2D eigenvalue weighted by Crippen LogP contribution is 1.98. The second-order valence-electron chi connectivity index (χ2n) is 4.85. The summed E-state index contributed by atoms with van der Waals surface area (Å²) in [6.07, 6.45) is 6.66. The van der Waals surface area contributed by atoms with Gasteiger partial charge < -0.3 is 9.47 Å². The van der Waals surface area contributed by atoms with E-state index in [9.17, 15) is 0 Å². The Morgan fingerprint density at radius 3 is 1.88 bits per heavy atom. The summed E-state index contributed by atoms with van der Waals surface area (Å²) >= 11 is 0. The van der Waals surface area contributed by atoms with Crippen LogP contribution in [0.1, 0.15) is 52.9 Å². The Morgan fingerprint density at radius 1 is 0.688 bits per heavy atom. The lowest BCUT2D eigenvalue weighted by Crippen LogP contribution is -2.35. The highest BCUT2D eigenvalue weighted by molar-refractivity contribution is 6.04. The summed E-state index contributed by atoms with van der Waals surface area (Å²) in [6, 6.07) is 0. The fourth-order valence-corrected chi connectivity index (χ4v) is 2.40. The van der Waals surface area contributed by atoms with E-state index in [2.05, 4.69) is 30.2 Å². The van der Waals surface area contributed by atoms with E-state index in [1.54, 1.807) is 0 Å². The lowest BCUT2D eigenvalue weighted by Gasteiger charge is -2.25. The van der Waals surface area contributed by atoms with E-state index in [0.29, 0.717) is 0 Å². The van der Waals surface area contributed by atoms with Crippen LogP contribution in [0.25, 0.3) is 0 Å². The highest BCUT2D eigenvalue weighted by atomic mass is 28.2. The molecule has 0 spiro atoms. The maximum absolute atomic E-state index is 2.64. The summed E-state index contributed by atoms with van der Waals surface area (Å²) in [5.41, 5.74) is 0. The molecule has 0 aliphatic heterocycles. The zero-order valence-electron chi connectivity index (χ0n) is 12.0. The fourth-order valence-electron chi connectivity index (χ4n) is 1.89. The molecule has 0 rings (SSSR count). The van der Waals surface area contributed by atoms with E-state index in [1.165, 1.54) is 75.2 Å². The van der Waals surface area contributed by atoms with E-state index in [0.717, 1.165) is 0 Å². The lowest BCUT2D eigenvalue weighted by atomic mass is 10.3. The molecule has 0 aromatic rings. The molecular formula is C13H32N2Si. The van der Waals surface area contributed by atoms with Crippen LogP contribution >= 0.6 is 0 Å². The highest BCUT2D eigenvalue weighted by Gasteiger charge is 2.04. The lowest BCUT2D eigenvalue weighted by molar-refractivity contribution is 0.247. The fraction of sp³-hybridized carbons (Fsp3) is 1.00. The summed E-state index contributed by atoms with van der Waals surface area (Å²) < 4.78 is 2.61. The molecule has 0 N–H and O–H groups in total. The summed E-state index contributed by atoms with van der Waals surface area (Å²) in [4.78, 5) is 2.64. The summed E-state index contributed by atoms with van der Waals surface area (Å²) in [7, 11) is 1.22. The van der Waals surface area contributed by atoms with Crippen LogP contribution in [-0.4, -0.2) is 52.6 Å². The normalized spacial score (nSPS) is 11.8. The first-order valence-electron chi connectivity index (χ1n) is 7.15. The minimum atomic E-state index is 1.22. The minimum absolute atomic E-state index is 1.22. The van der Waals surface area contributed by atoms with Crippen molar-refractivity contribution in [1.29, 1.82) is 0 Å². The van der Waals surface area contributed by atoms with Crippen molar-refractivity contribution < 1.29 is 0 Å². The van der Waals surface area contributed by atoms with Crippen molar-refractivity contribution in [2.24, 2.45) is 0 Å². The quantitative estimate of drug-likeness (QED) is 0.512. The Morgan fingerprint density at radius 2 is 1.31 bits per heavy atom. The molecule has 0 fully saturated rings. The Bertz CT molecular complexity index is 142. The molecular weight excluding hydrogens is 212 g/mol. The van der Waals surface area contributed by atoms with Gasteiger partial charge in [-0.2, -0.15) is 0 Å². The average molecular weight is 244 g/mol. The van der Waals surface area contributed by atoms with Crippen molar-refractivity contribution in [2.75, 3.05) is 32.7 Å². The van der Waals surface area contributed by atoms with Crippen molar-refractivity contribution in [3.63, 3.8) is 0 Å². The van der Waals surface area contributed by atoms with Gasteiger partial charge in [0.05, 0.1) is 10.4 Å². The van der Waals surface area contributed by atoms with Gasteiger partial charge in [-0.15, -0.1) is 0 Å². The van der Waals surface area contributed by atoms with Crippen LogP contribution in [0.15, 0.2) is 0 Å². The molecule has 98 valence electrons. The zero-order valence-corrected chi connectivity index (χ0v) is 14.0. The van der Waals surface area contributed by atoms with Crippen molar-refractivity contribution in [3.8, 4) is 0 Å². The van der Waals surface area contributed by atoms with Gasteiger partial charge in [0.15, 0.2) is 0 Å². The monoisotopic (exact) mass is 244 g/mol. The molecule has 0 aromatic heterocycles. The van der Waals surface area contributed by atoms with Crippen LogP contribution in [0.4, 0.5) is 0 Å². The third kappa shape index (κ3) is 9.37. The number of hydrogen-bond donors (Lipinski definition) is 0. The molecule has 0 atom stereocenters. The number of unbranched alkanes of at least 4 members (excludes halogenated alkanes) is 2. The van der Waals surface area contributed by atoms with Crippen LogP contribution in [0.3, 0.4) is 0 Å².